The number of hydrogen-bond donors (Lipinski definition) is 7. The second-order valence-corrected chi connectivity index (χ2v) is 10.6. The number of nitrogens with one attached hydrogen (secondary N) is 4. The SMILES string of the molecule is CC(C)CC(NC(=O)C(CC(C)C)NC(=O)C(Cc1c[nH]c2ccccc12)NC(=O)C(N)C(C)O)C(=O)O. The minimum absolute atomic E-state index is 0.00439. The highest BCUT2D eigenvalue weighted by molar-refractivity contribution is 5.95. The highest BCUT2D eigenvalue weighted by atomic mass is 16.4. The molecule has 0 aliphatic rings. The molecule has 0 saturated carbocycles. The molecule has 0 radical (unpaired) electrons. The number of rotatable bonds is 14. The number of aliphatic hydroxyl groups excluding tert-OH is 1. The van der Waals surface area contributed by atoms with Gasteiger partial charge < -0.3 is 36.9 Å². The van der Waals surface area contributed by atoms with Gasteiger partial charge in [-0.05, 0) is 43.2 Å². The lowest BCUT2D eigenvalue weighted by Gasteiger charge is -2.26. The molecule has 1 aromatic heterocycles. The summed E-state index contributed by atoms with van der Waals surface area (Å²) in [4.78, 5) is 54.1. The summed E-state index contributed by atoms with van der Waals surface area (Å²) in [6, 6.07) is 3.01. The second kappa shape index (κ2) is 13.9. The number of aromatic nitrogens is 1. The van der Waals surface area contributed by atoms with Gasteiger partial charge in [0.05, 0.1) is 6.10 Å². The van der Waals surface area contributed by atoms with Crippen molar-refractivity contribution in [3.8, 4) is 0 Å². The number of aromatic amines is 1. The zero-order chi connectivity index (χ0) is 28.6. The summed E-state index contributed by atoms with van der Waals surface area (Å²) in [5.41, 5.74) is 7.41. The standard InChI is InChI=1S/C27H41N5O6/c1-14(2)10-20(24(34)32-22(27(37)38)11-15(3)4)30-25(35)21(31-26(36)23(28)16(5)33)12-17-13-29-19-9-7-6-8-18(17)19/h6-9,13-16,20-23,29,33H,10-12,28H2,1-5H3,(H,30,35)(H,31,36)(H,32,34)(H,37,38). The van der Waals surface area contributed by atoms with Gasteiger partial charge in [-0.2, -0.15) is 0 Å². The molecule has 3 amide bonds. The molecule has 5 atom stereocenters. The molecular formula is C27H41N5O6. The number of carboxylic acid groups (broad SMARTS) is 1. The molecule has 5 unspecified atom stereocenters. The maximum Gasteiger partial charge on any atom is 0.326 e. The molecule has 0 fully saturated rings. The minimum Gasteiger partial charge on any atom is -0.480 e. The highest BCUT2D eigenvalue weighted by Gasteiger charge is 2.32. The average Bonchev–Trinajstić information content (AvgIpc) is 3.24. The van der Waals surface area contributed by atoms with Crippen molar-refractivity contribution in [1.29, 1.82) is 0 Å². The summed E-state index contributed by atoms with van der Waals surface area (Å²) in [5, 5.41) is 28.0. The first-order valence-electron chi connectivity index (χ1n) is 12.9. The third-order valence-electron chi connectivity index (χ3n) is 6.22. The first-order chi connectivity index (χ1) is 17.8. The Kier molecular flexibility index (Phi) is 11.3. The third-order valence-corrected chi connectivity index (χ3v) is 6.22. The van der Waals surface area contributed by atoms with Crippen molar-refractivity contribution >= 4 is 34.6 Å². The zero-order valence-corrected chi connectivity index (χ0v) is 22.7. The average molecular weight is 532 g/mol. The number of aliphatic carboxylic acids is 1. The van der Waals surface area contributed by atoms with Gasteiger partial charge in [0.25, 0.3) is 0 Å². The van der Waals surface area contributed by atoms with E-state index in [0.717, 1.165) is 16.5 Å². The number of carbonyl (C=O) groups is 4. The van der Waals surface area contributed by atoms with Crippen LogP contribution in [0.2, 0.25) is 0 Å². The van der Waals surface area contributed by atoms with Crippen molar-refractivity contribution in [2.45, 2.75) is 84.2 Å². The number of hydrogen-bond acceptors (Lipinski definition) is 6. The molecule has 11 heteroatoms. The summed E-state index contributed by atoms with van der Waals surface area (Å²) in [5.74, 6) is -3.07. The Hall–Kier alpha value is -3.44. The molecule has 38 heavy (non-hydrogen) atoms. The number of benzene rings is 1. The fourth-order valence-corrected chi connectivity index (χ4v) is 4.16. The molecule has 210 valence electrons. The summed E-state index contributed by atoms with van der Waals surface area (Å²) in [6.45, 7) is 8.83. The number of H-pyrrole nitrogens is 1. The van der Waals surface area contributed by atoms with E-state index >= 15 is 0 Å². The minimum atomic E-state index is -1.25. The van der Waals surface area contributed by atoms with Crippen molar-refractivity contribution in [3.63, 3.8) is 0 Å². The molecule has 8 N–H and O–H groups in total. The molecule has 0 aliphatic heterocycles. The van der Waals surface area contributed by atoms with E-state index in [1.54, 1.807) is 6.20 Å². The molecule has 1 heterocycles. The van der Waals surface area contributed by atoms with E-state index in [1.807, 2.05) is 52.0 Å². The summed E-state index contributed by atoms with van der Waals surface area (Å²) < 4.78 is 0. The number of carboxylic acids is 1. The molecule has 0 saturated heterocycles. The topological polar surface area (TPSA) is 187 Å². The normalized spacial score (nSPS) is 15.5. The van der Waals surface area contributed by atoms with Crippen LogP contribution in [0.4, 0.5) is 0 Å². The highest BCUT2D eigenvalue weighted by Crippen LogP contribution is 2.19. The van der Waals surface area contributed by atoms with Gasteiger partial charge in [-0.15, -0.1) is 0 Å². The number of carbonyl (C=O) groups excluding carboxylic acids is 3. The molecule has 2 rings (SSSR count). The Morgan fingerprint density at radius 3 is 1.95 bits per heavy atom. The fourth-order valence-electron chi connectivity index (χ4n) is 4.16. The maximum absolute atomic E-state index is 13.5. The van der Waals surface area contributed by atoms with Gasteiger partial charge in [0.15, 0.2) is 0 Å². The fraction of sp³-hybridized carbons (Fsp3) is 0.556. The lowest BCUT2D eigenvalue weighted by molar-refractivity contribution is -0.143. The first kappa shape index (κ1) is 30.8. The Balaban J connectivity index is 2.30. The van der Waals surface area contributed by atoms with Crippen LogP contribution in [0.1, 0.15) is 53.0 Å². The molecule has 11 nitrogen and oxygen atoms in total. The monoisotopic (exact) mass is 531 g/mol. The van der Waals surface area contributed by atoms with Crippen molar-refractivity contribution in [2.24, 2.45) is 17.6 Å². The number of nitrogens with two attached hydrogens (primary N) is 1. The van der Waals surface area contributed by atoms with E-state index in [-0.39, 0.29) is 31.1 Å². The number of fused-ring (bicyclic) bond motifs is 1. The van der Waals surface area contributed by atoms with Crippen LogP contribution in [-0.4, -0.2) is 69.2 Å². The molecule has 2 aromatic rings. The van der Waals surface area contributed by atoms with Crippen LogP contribution >= 0.6 is 0 Å². The Bertz CT molecular complexity index is 1110. The van der Waals surface area contributed by atoms with Crippen LogP contribution in [-0.2, 0) is 25.6 Å². The van der Waals surface area contributed by atoms with Gasteiger partial charge in [0.2, 0.25) is 17.7 Å². The quantitative estimate of drug-likeness (QED) is 0.190. The van der Waals surface area contributed by atoms with E-state index in [1.165, 1.54) is 6.92 Å². The molecule has 0 spiro atoms. The molecule has 0 aliphatic carbocycles. The first-order valence-corrected chi connectivity index (χ1v) is 12.9. The van der Waals surface area contributed by atoms with Gasteiger partial charge in [-0.1, -0.05) is 45.9 Å². The summed E-state index contributed by atoms with van der Waals surface area (Å²) in [7, 11) is 0. The summed E-state index contributed by atoms with van der Waals surface area (Å²) in [6.07, 6.45) is 1.19. The zero-order valence-electron chi connectivity index (χ0n) is 22.7. The van der Waals surface area contributed by atoms with E-state index in [9.17, 15) is 29.4 Å². The lowest BCUT2D eigenvalue weighted by Crippen LogP contribution is -2.58. The largest absolute Gasteiger partial charge is 0.480 e. The molecule has 0 bridgehead atoms. The molecule has 1 aromatic carbocycles. The van der Waals surface area contributed by atoms with Crippen LogP contribution < -0.4 is 21.7 Å². The number of aliphatic hydroxyl groups is 1. The van der Waals surface area contributed by atoms with Crippen molar-refractivity contribution in [2.75, 3.05) is 0 Å². The van der Waals surface area contributed by atoms with E-state index < -0.39 is 54.0 Å². The Labute approximate surface area is 222 Å². The predicted molar refractivity (Wildman–Crippen MR) is 144 cm³/mol. The maximum atomic E-state index is 13.5. The van der Waals surface area contributed by atoms with Crippen LogP contribution in [0, 0.1) is 11.8 Å². The van der Waals surface area contributed by atoms with Gasteiger partial charge >= 0.3 is 5.97 Å². The van der Waals surface area contributed by atoms with Crippen molar-refractivity contribution in [3.05, 3.63) is 36.0 Å². The van der Waals surface area contributed by atoms with Gasteiger partial charge in [0, 0.05) is 23.5 Å². The van der Waals surface area contributed by atoms with E-state index in [2.05, 4.69) is 20.9 Å². The Morgan fingerprint density at radius 2 is 1.37 bits per heavy atom. The smallest absolute Gasteiger partial charge is 0.326 e. The van der Waals surface area contributed by atoms with Crippen LogP contribution in [0.3, 0.4) is 0 Å². The van der Waals surface area contributed by atoms with E-state index in [0.29, 0.717) is 0 Å². The van der Waals surface area contributed by atoms with Gasteiger partial charge in [-0.25, -0.2) is 4.79 Å². The van der Waals surface area contributed by atoms with Crippen molar-refractivity contribution in [1.82, 2.24) is 20.9 Å². The lowest BCUT2D eigenvalue weighted by atomic mass is 9.99. The third kappa shape index (κ3) is 8.84. The van der Waals surface area contributed by atoms with Crippen LogP contribution in [0.25, 0.3) is 10.9 Å². The molecular weight excluding hydrogens is 490 g/mol. The van der Waals surface area contributed by atoms with Gasteiger partial charge in [0.1, 0.15) is 24.2 Å². The van der Waals surface area contributed by atoms with Crippen LogP contribution in [0.5, 0.6) is 0 Å². The predicted octanol–water partition coefficient (Wildman–Crippen LogP) is 1.05. The van der Waals surface area contributed by atoms with Crippen molar-refractivity contribution < 1.29 is 29.4 Å². The second-order valence-electron chi connectivity index (χ2n) is 10.6. The number of amides is 3. The number of para-hydroxylation sites is 1. The van der Waals surface area contributed by atoms with Crippen LogP contribution in [0.15, 0.2) is 30.5 Å². The van der Waals surface area contributed by atoms with Gasteiger partial charge in [-0.3, -0.25) is 14.4 Å². The summed E-state index contributed by atoms with van der Waals surface area (Å²) >= 11 is 0. The van der Waals surface area contributed by atoms with E-state index in [4.69, 9.17) is 5.73 Å². The Morgan fingerprint density at radius 1 is 0.842 bits per heavy atom.